The van der Waals surface area contributed by atoms with E-state index in [4.69, 9.17) is 0 Å². The number of aromatic nitrogens is 2. The van der Waals surface area contributed by atoms with Gasteiger partial charge in [-0.15, -0.1) is 0 Å². The molecule has 6 heteroatoms. The summed E-state index contributed by atoms with van der Waals surface area (Å²) >= 11 is 0. The van der Waals surface area contributed by atoms with Crippen molar-refractivity contribution in [1.29, 1.82) is 0 Å². The Morgan fingerprint density at radius 2 is 1.71 bits per heavy atom. The first-order valence-corrected chi connectivity index (χ1v) is 6.84. The van der Waals surface area contributed by atoms with E-state index in [-0.39, 0.29) is 0 Å². The molecule has 1 aromatic carbocycles. The second kappa shape index (κ2) is 6.97. The van der Waals surface area contributed by atoms with Crippen molar-refractivity contribution in [2.45, 2.75) is 19.8 Å². The van der Waals surface area contributed by atoms with Gasteiger partial charge in [-0.25, -0.2) is 18.7 Å². The molecule has 0 saturated heterocycles. The molecule has 21 heavy (non-hydrogen) atoms. The van der Waals surface area contributed by atoms with Gasteiger partial charge in [-0.2, -0.15) is 0 Å². The normalized spacial score (nSPS) is 10.5. The third kappa shape index (κ3) is 3.87. The lowest BCUT2D eigenvalue weighted by molar-refractivity contribution is 0.580. The summed E-state index contributed by atoms with van der Waals surface area (Å²) in [5, 5.41) is 6.21. The van der Waals surface area contributed by atoms with Crippen LogP contribution in [0.2, 0.25) is 0 Å². The van der Waals surface area contributed by atoms with Crippen LogP contribution >= 0.6 is 0 Å². The summed E-state index contributed by atoms with van der Waals surface area (Å²) in [4.78, 5) is 8.37. The Hall–Kier alpha value is -2.24. The van der Waals surface area contributed by atoms with E-state index in [1.807, 2.05) is 6.92 Å². The van der Waals surface area contributed by atoms with E-state index < -0.39 is 11.6 Å². The topological polar surface area (TPSA) is 49.8 Å². The van der Waals surface area contributed by atoms with E-state index in [2.05, 4.69) is 20.6 Å². The summed E-state index contributed by atoms with van der Waals surface area (Å²) in [5.41, 5.74) is 1.60. The number of nitrogens with one attached hydrogen (secondary N) is 2. The van der Waals surface area contributed by atoms with E-state index in [0.29, 0.717) is 18.5 Å². The van der Waals surface area contributed by atoms with E-state index in [9.17, 15) is 8.78 Å². The van der Waals surface area contributed by atoms with Crippen LogP contribution in [-0.4, -0.2) is 23.6 Å². The maximum absolute atomic E-state index is 13.1. The Labute approximate surface area is 122 Å². The molecule has 0 unspecified atom stereocenters. The SMILES string of the molecule is CCc1c(NC)ncnc1NCCc1cc(F)cc(F)c1. The van der Waals surface area contributed by atoms with Crippen LogP contribution in [-0.2, 0) is 12.8 Å². The van der Waals surface area contributed by atoms with Crippen LogP contribution in [0.15, 0.2) is 24.5 Å². The van der Waals surface area contributed by atoms with Crippen molar-refractivity contribution < 1.29 is 8.78 Å². The second-order valence-corrected chi connectivity index (χ2v) is 4.61. The van der Waals surface area contributed by atoms with Gasteiger partial charge < -0.3 is 10.6 Å². The molecule has 2 aromatic rings. The third-order valence-corrected chi connectivity index (χ3v) is 3.16. The van der Waals surface area contributed by atoms with Gasteiger partial charge >= 0.3 is 0 Å². The maximum atomic E-state index is 13.1. The summed E-state index contributed by atoms with van der Waals surface area (Å²) in [6.07, 6.45) is 2.78. The van der Waals surface area contributed by atoms with Gasteiger partial charge in [0.1, 0.15) is 29.6 Å². The molecule has 0 fully saturated rings. The molecule has 112 valence electrons. The van der Waals surface area contributed by atoms with Gasteiger partial charge in [-0.1, -0.05) is 6.92 Å². The fraction of sp³-hybridized carbons (Fsp3) is 0.333. The van der Waals surface area contributed by atoms with Gasteiger partial charge in [0.25, 0.3) is 0 Å². The molecular formula is C15H18F2N4. The summed E-state index contributed by atoms with van der Waals surface area (Å²) in [6, 6.07) is 3.55. The Balaban J connectivity index is 2.03. The predicted octanol–water partition coefficient (Wildman–Crippen LogP) is 3.01. The molecule has 0 saturated carbocycles. The smallest absolute Gasteiger partial charge is 0.134 e. The van der Waals surface area contributed by atoms with Gasteiger partial charge in [0, 0.05) is 25.2 Å². The highest BCUT2D eigenvalue weighted by atomic mass is 19.1. The maximum Gasteiger partial charge on any atom is 0.134 e. The molecule has 0 aliphatic heterocycles. The van der Waals surface area contributed by atoms with Gasteiger partial charge in [0.15, 0.2) is 0 Å². The molecule has 0 bridgehead atoms. The molecule has 0 amide bonds. The lowest BCUT2D eigenvalue weighted by atomic mass is 10.1. The van der Waals surface area contributed by atoms with Crippen molar-refractivity contribution in [3.05, 3.63) is 47.3 Å². The number of nitrogens with zero attached hydrogens (tertiary/aromatic N) is 2. The van der Waals surface area contributed by atoms with Crippen molar-refractivity contribution in [1.82, 2.24) is 9.97 Å². The highest BCUT2D eigenvalue weighted by molar-refractivity contribution is 5.57. The van der Waals surface area contributed by atoms with Gasteiger partial charge in [0.05, 0.1) is 0 Å². The standard InChI is InChI=1S/C15H18F2N4/c1-3-13-14(18-2)20-9-21-15(13)19-5-4-10-6-11(16)8-12(17)7-10/h6-9H,3-5H2,1-2H3,(H2,18,19,20,21). The number of halogens is 2. The van der Waals surface area contributed by atoms with Crippen molar-refractivity contribution in [3.63, 3.8) is 0 Å². The first-order valence-electron chi connectivity index (χ1n) is 6.84. The van der Waals surface area contributed by atoms with Gasteiger partial charge in [0.2, 0.25) is 0 Å². The molecule has 0 atom stereocenters. The highest BCUT2D eigenvalue weighted by Gasteiger charge is 2.08. The van der Waals surface area contributed by atoms with Crippen LogP contribution in [0.1, 0.15) is 18.1 Å². The Morgan fingerprint density at radius 3 is 2.33 bits per heavy atom. The molecule has 1 aromatic heterocycles. The quantitative estimate of drug-likeness (QED) is 0.859. The molecule has 0 spiro atoms. The highest BCUT2D eigenvalue weighted by Crippen LogP contribution is 2.19. The monoisotopic (exact) mass is 292 g/mol. The van der Waals surface area contributed by atoms with Crippen LogP contribution < -0.4 is 10.6 Å². The largest absolute Gasteiger partial charge is 0.373 e. The fourth-order valence-corrected chi connectivity index (χ4v) is 2.20. The number of benzene rings is 1. The third-order valence-electron chi connectivity index (χ3n) is 3.16. The lowest BCUT2D eigenvalue weighted by Gasteiger charge is -2.12. The first-order chi connectivity index (χ1) is 10.1. The van der Waals surface area contributed by atoms with Crippen LogP contribution in [0.25, 0.3) is 0 Å². The Kier molecular flexibility index (Phi) is 5.03. The zero-order valence-electron chi connectivity index (χ0n) is 12.1. The number of anilines is 2. The van der Waals surface area contributed by atoms with E-state index >= 15 is 0 Å². The lowest BCUT2D eigenvalue weighted by Crippen LogP contribution is -2.11. The van der Waals surface area contributed by atoms with E-state index in [1.165, 1.54) is 18.5 Å². The molecular weight excluding hydrogens is 274 g/mol. The second-order valence-electron chi connectivity index (χ2n) is 4.61. The van der Waals surface area contributed by atoms with Gasteiger partial charge in [-0.3, -0.25) is 0 Å². The molecule has 0 aliphatic carbocycles. The summed E-state index contributed by atoms with van der Waals surface area (Å²) in [6.45, 7) is 2.56. The molecule has 1 heterocycles. The molecule has 0 aliphatic rings. The van der Waals surface area contributed by atoms with Crippen molar-refractivity contribution in [2.75, 3.05) is 24.2 Å². The summed E-state index contributed by atoms with van der Waals surface area (Å²) in [7, 11) is 1.81. The number of hydrogen-bond donors (Lipinski definition) is 2. The average molecular weight is 292 g/mol. The molecule has 2 N–H and O–H groups in total. The van der Waals surface area contributed by atoms with E-state index in [1.54, 1.807) is 7.05 Å². The van der Waals surface area contributed by atoms with Gasteiger partial charge in [-0.05, 0) is 30.5 Å². The number of hydrogen-bond acceptors (Lipinski definition) is 4. The molecule has 4 nitrogen and oxygen atoms in total. The predicted molar refractivity (Wildman–Crippen MR) is 79.5 cm³/mol. The van der Waals surface area contributed by atoms with E-state index in [0.717, 1.165) is 29.7 Å². The van der Waals surface area contributed by atoms with Crippen LogP contribution in [0.3, 0.4) is 0 Å². The molecule has 0 radical (unpaired) electrons. The average Bonchev–Trinajstić information content (AvgIpc) is 2.45. The summed E-state index contributed by atoms with van der Waals surface area (Å²) < 4.78 is 26.2. The van der Waals surface area contributed by atoms with Crippen LogP contribution in [0.5, 0.6) is 0 Å². The fourth-order valence-electron chi connectivity index (χ4n) is 2.20. The first kappa shape index (κ1) is 15.2. The van der Waals surface area contributed by atoms with Crippen molar-refractivity contribution in [3.8, 4) is 0 Å². The minimum absolute atomic E-state index is 0.511. The molecule has 2 rings (SSSR count). The van der Waals surface area contributed by atoms with Crippen LogP contribution in [0, 0.1) is 11.6 Å². The van der Waals surface area contributed by atoms with Crippen LogP contribution in [0.4, 0.5) is 20.4 Å². The number of rotatable bonds is 6. The zero-order valence-corrected chi connectivity index (χ0v) is 12.1. The zero-order chi connectivity index (χ0) is 15.2. The Bertz CT molecular complexity index is 596. The van der Waals surface area contributed by atoms with Crippen molar-refractivity contribution >= 4 is 11.6 Å². The Morgan fingerprint density at radius 1 is 1.05 bits per heavy atom. The summed E-state index contributed by atoms with van der Waals surface area (Å²) in [5.74, 6) is 0.415. The minimum Gasteiger partial charge on any atom is -0.373 e. The minimum atomic E-state index is -0.557. The van der Waals surface area contributed by atoms with Crippen molar-refractivity contribution in [2.24, 2.45) is 0 Å².